The van der Waals surface area contributed by atoms with Crippen LogP contribution in [-0.4, -0.2) is 47.4 Å². The molecule has 406 valence electrons. The smallest absolute Gasteiger partial charge is 0.305 e. The Labute approximate surface area is 426 Å². The summed E-state index contributed by atoms with van der Waals surface area (Å²) in [4.78, 5) is 24.5. The van der Waals surface area contributed by atoms with Gasteiger partial charge in [-0.3, -0.25) is 9.59 Å². The largest absolute Gasteiger partial charge is 0.466 e. The first kappa shape index (κ1) is 66.9. The number of aliphatic hydroxyl groups excluding tert-OH is 2. The lowest BCUT2D eigenvalue weighted by Crippen LogP contribution is -2.45. The predicted octanol–water partition coefficient (Wildman–Crippen LogP) is 19.5. The van der Waals surface area contributed by atoms with Gasteiger partial charge in [0.1, 0.15) is 0 Å². The standard InChI is InChI=1S/C62H123NO5/c1-3-5-7-9-11-13-15-17-18-28-32-36-40-44-48-52-56-62(67)68-57-53-49-45-41-37-33-29-26-24-22-20-19-21-23-25-27-31-35-39-43-47-51-55-61(66)63-59(58-64)60(65)54-50-46-42-38-34-30-16-14-12-10-8-6-4-2/h59-60,64-65H,3-58H2,1-2H3,(H,63,66). The first-order valence-electron chi connectivity index (χ1n) is 31.3. The number of nitrogens with one attached hydrogen (secondary N) is 1. The molecule has 0 aliphatic heterocycles. The van der Waals surface area contributed by atoms with Crippen molar-refractivity contribution in [1.29, 1.82) is 0 Å². The quantitative estimate of drug-likeness (QED) is 0.0417. The van der Waals surface area contributed by atoms with Crippen LogP contribution in [0.4, 0.5) is 0 Å². The Morgan fingerprint density at radius 3 is 0.897 bits per heavy atom. The third-order valence-corrected chi connectivity index (χ3v) is 14.9. The normalized spacial score (nSPS) is 12.5. The van der Waals surface area contributed by atoms with Crippen LogP contribution in [0.25, 0.3) is 0 Å². The maximum absolute atomic E-state index is 12.5. The number of aliphatic hydroxyl groups is 2. The van der Waals surface area contributed by atoms with E-state index in [0.29, 0.717) is 25.9 Å². The van der Waals surface area contributed by atoms with Gasteiger partial charge in [-0.05, 0) is 25.7 Å². The number of hydrogen-bond acceptors (Lipinski definition) is 5. The van der Waals surface area contributed by atoms with E-state index in [0.717, 1.165) is 38.5 Å². The Bertz CT molecular complexity index is 975. The maximum atomic E-state index is 12.5. The second kappa shape index (κ2) is 58.4. The van der Waals surface area contributed by atoms with Crippen LogP contribution in [-0.2, 0) is 14.3 Å². The molecule has 6 heteroatoms. The summed E-state index contributed by atoms with van der Waals surface area (Å²) in [6.07, 6.45) is 68.3. The molecule has 68 heavy (non-hydrogen) atoms. The zero-order valence-corrected chi connectivity index (χ0v) is 46.4. The van der Waals surface area contributed by atoms with Crippen molar-refractivity contribution in [3.05, 3.63) is 0 Å². The van der Waals surface area contributed by atoms with Gasteiger partial charge in [-0.1, -0.05) is 322 Å². The van der Waals surface area contributed by atoms with E-state index in [1.165, 1.54) is 289 Å². The molecule has 0 aromatic carbocycles. The van der Waals surface area contributed by atoms with Gasteiger partial charge < -0.3 is 20.3 Å². The van der Waals surface area contributed by atoms with Crippen molar-refractivity contribution in [2.24, 2.45) is 0 Å². The fraction of sp³-hybridized carbons (Fsp3) is 0.968. The average Bonchev–Trinajstić information content (AvgIpc) is 3.34. The fourth-order valence-electron chi connectivity index (χ4n) is 10.1. The molecule has 0 aliphatic rings. The lowest BCUT2D eigenvalue weighted by molar-refractivity contribution is -0.143. The first-order chi connectivity index (χ1) is 33.5. The molecule has 0 rings (SSSR count). The Hall–Kier alpha value is -1.14. The number of amides is 1. The molecule has 0 saturated heterocycles. The molecular formula is C62H123NO5. The van der Waals surface area contributed by atoms with Gasteiger partial charge in [-0.15, -0.1) is 0 Å². The van der Waals surface area contributed by atoms with Crippen molar-refractivity contribution < 1.29 is 24.5 Å². The predicted molar refractivity (Wildman–Crippen MR) is 297 cm³/mol. The second-order valence-corrected chi connectivity index (χ2v) is 21.8. The van der Waals surface area contributed by atoms with Crippen LogP contribution in [0.15, 0.2) is 0 Å². The molecule has 0 radical (unpaired) electrons. The summed E-state index contributed by atoms with van der Waals surface area (Å²) in [5.41, 5.74) is 0. The van der Waals surface area contributed by atoms with Crippen LogP contribution in [0.3, 0.4) is 0 Å². The highest BCUT2D eigenvalue weighted by atomic mass is 16.5. The third kappa shape index (κ3) is 54.2. The summed E-state index contributed by atoms with van der Waals surface area (Å²) in [5, 5.41) is 23.3. The molecule has 0 aromatic rings. The number of carbonyl (C=O) groups excluding carboxylic acids is 2. The van der Waals surface area contributed by atoms with Crippen LogP contribution >= 0.6 is 0 Å². The maximum Gasteiger partial charge on any atom is 0.305 e. The average molecular weight is 963 g/mol. The van der Waals surface area contributed by atoms with Crippen molar-refractivity contribution in [3.63, 3.8) is 0 Å². The number of rotatable bonds is 59. The van der Waals surface area contributed by atoms with E-state index >= 15 is 0 Å². The van der Waals surface area contributed by atoms with Gasteiger partial charge in [-0.2, -0.15) is 0 Å². The molecule has 0 aromatic heterocycles. The van der Waals surface area contributed by atoms with Crippen LogP contribution < -0.4 is 5.32 Å². The lowest BCUT2D eigenvalue weighted by Gasteiger charge is -2.22. The van der Waals surface area contributed by atoms with E-state index < -0.39 is 12.1 Å². The molecule has 0 saturated carbocycles. The molecule has 1 amide bonds. The third-order valence-electron chi connectivity index (χ3n) is 14.9. The first-order valence-corrected chi connectivity index (χ1v) is 31.3. The van der Waals surface area contributed by atoms with E-state index in [-0.39, 0.29) is 18.5 Å². The Morgan fingerprint density at radius 1 is 0.353 bits per heavy atom. The minimum absolute atomic E-state index is 0.0177. The summed E-state index contributed by atoms with van der Waals surface area (Å²) in [6, 6.07) is -0.539. The van der Waals surface area contributed by atoms with Gasteiger partial charge in [0.05, 0.1) is 25.4 Å². The SMILES string of the molecule is CCCCCCCCCCCCCCCCCCC(=O)OCCCCCCCCCCCCCCCCCCCCCCCCC(=O)NC(CO)C(O)CCCCCCCCCCCCCCC. The second-order valence-electron chi connectivity index (χ2n) is 21.8. The van der Waals surface area contributed by atoms with E-state index in [9.17, 15) is 19.8 Å². The minimum atomic E-state index is -0.662. The summed E-state index contributed by atoms with van der Waals surface area (Å²) < 4.78 is 5.50. The lowest BCUT2D eigenvalue weighted by atomic mass is 10.0. The van der Waals surface area contributed by atoms with Gasteiger partial charge in [0.2, 0.25) is 5.91 Å². The summed E-state index contributed by atoms with van der Waals surface area (Å²) in [7, 11) is 0. The Kier molecular flexibility index (Phi) is 57.5. The molecule has 0 fully saturated rings. The number of esters is 1. The van der Waals surface area contributed by atoms with Crippen LogP contribution in [0.5, 0.6) is 0 Å². The highest BCUT2D eigenvalue weighted by Crippen LogP contribution is 2.19. The Balaban J connectivity index is 3.34. The molecule has 6 nitrogen and oxygen atoms in total. The van der Waals surface area contributed by atoms with Crippen molar-refractivity contribution in [2.75, 3.05) is 13.2 Å². The molecular weight excluding hydrogens is 839 g/mol. The van der Waals surface area contributed by atoms with Crippen molar-refractivity contribution in [3.8, 4) is 0 Å². The van der Waals surface area contributed by atoms with E-state index in [1.807, 2.05) is 0 Å². The monoisotopic (exact) mass is 962 g/mol. The van der Waals surface area contributed by atoms with Crippen molar-refractivity contribution in [1.82, 2.24) is 5.32 Å². The topological polar surface area (TPSA) is 95.9 Å². The van der Waals surface area contributed by atoms with Gasteiger partial charge in [0, 0.05) is 12.8 Å². The number of ether oxygens (including phenoxy) is 1. The van der Waals surface area contributed by atoms with Gasteiger partial charge >= 0.3 is 5.97 Å². The number of hydrogen-bond donors (Lipinski definition) is 3. The molecule has 2 atom stereocenters. The number of unbranched alkanes of at least 4 members (excludes halogenated alkanes) is 48. The van der Waals surface area contributed by atoms with Gasteiger partial charge in [-0.25, -0.2) is 0 Å². The summed E-state index contributed by atoms with van der Waals surface area (Å²) in [5.74, 6) is -0.0151. The van der Waals surface area contributed by atoms with Gasteiger partial charge in [0.15, 0.2) is 0 Å². The van der Waals surface area contributed by atoms with Crippen LogP contribution in [0.2, 0.25) is 0 Å². The minimum Gasteiger partial charge on any atom is -0.466 e. The Morgan fingerprint density at radius 2 is 0.603 bits per heavy atom. The van der Waals surface area contributed by atoms with E-state index in [4.69, 9.17) is 4.74 Å². The van der Waals surface area contributed by atoms with Crippen LogP contribution in [0.1, 0.15) is 361 Å². The highest BCUT2D eigenvalue weighted by Gasteiger charge is 2.20. The molecule has 0 aliphatic carbocycles. The highest BCUT2D eigenvalue weighted by molar-refractivity contribution is 5.76. The molecule has 2 unspecified atom stereocenters. The fourth-order valence-corrected chi connectivity index (χ4v) is 10.1. The summed E-state index contributed by atoms with van der Waals surface area (Å²) in [6.45, 7) is 4.98. The van der Waals surface area contributed by atoms with E-state index in [2.05, 4.69) is 19.2 Å². The van der Waals surface area contributed by atoms with Crippen molar-refractivity contribution in [2.45, 2.75) is 373 Å². The zero-order valence-electron chi connectivity index (χ0n) is 46.4. The van der Waals surface area contributed by atoms with Crippen molar-refractivity contribution >= 4 is 11.9 Å². The van der Waals surface area contributed by atoms with E-state index in [1.54, 1.807) is 0 Å². The molecule has 0 bridgehead atoms. The molecule has 0 spiro atoms. The molecule has 0 heterocycles. The van der Waals surface area contributed by atoms with Gasteiger partial charge in [0.25, 0.3) is 0 Å². The van der Waals surface area contributed by atoms with Crippen LogP contribution in [0, 0.1) is 0 Å². The zero-order chi connectivity index (χ0) is 49.3. The molecule has 3 N–H and O–H groups in total. The summed E-state index contributed by atoms with van der Waals surface area (Å²) >= 11 is 0. The number of carbonyl (C=O) groups is 2.